The molecule has 114 valence electrons. The van der Waals surface area contributed by atoms with E-state index in [9.17, 15) is 8.42 Å². The summed E-state index contributed by atoms with van der Waals surface area (Å²) in [5.74, 6) is 0.413. The van der Waals surface area contributed by atoms with Crippen molar-refractivity contribution in [2.45, 2.75) is 18.2 Å². The van der Waals surface area contributed by atoms with Crippen molar-refractivity contribution in [3.8, 4) is 0 Å². The summed E-state index contributed by atoms with van der Waals surface area (Å²) in [6.45, 7) is 1.94. The lowest BCUT2D eigenvalue weighted by Gasteiger charge is -2.06. The maximum atomic E-state index is 12.0. The number of para-hydroxylation sites is 1. The number of thioether (sulfide) groups is 1. The van der Waals surface area contributed by atoms with Crippen molar-refractivity contribution in [3.63, 3.8) is 0 Å². The minimum atomic E-state index is -3.42. The van der Waals surface area contributed by atoms with Crippen LogP contribution in [0, 0.1) is 0 Å². The van der Waals surface area contributed by atoms with E-state index in [0.29, 0.717) is 16.6 Å². The van der Waals surface area contributed by atoms with Gasteiger partial charge in [-0.1, -0.05) is 30.4 Å². The first kappa shape index (κ1) is 16.1. The minimum absolute atomic E-state index is 0.00691. The number of nitrogens with two attached hydrogens (primary N) is 1. The predicted molar refractivity (Wildman–Crippen MR) is 88.3 cm³/mol. The van der Waals surface area contributed by atoms with Crippen molar-refractivity contribution in [1.82, 2.24) is 10.2 Å². The number of nitrogens with zero attached hydrogens (tertiary/aromatic N) is 2. The maximum absolute atomic E-state index is 12.0. The molecule has 0 saturated carbocycles. The third-order valence-electron chi connectivity index (χ3n) is 2.54. The Morgan fingerprint density at radius 2 is 2.10 bits per heavy atom. The van der Waals surface area contributed by atoms with Gasteiger partial charge < -0.3 is 5.73 Å². The Labute approximate surface area is 132 Å². The monoisotopic (exact) mass is 344 g/mol. The van der Waals surface area contributed by atoms with Crippen LogP contribution in [0.25, 0.3) is 0 Å². The van der Waals surface area contributed by atoms with Crippen LogP contribution in [0.5, 0.6) is 0 Å². The van der Waals surface area contributed by atoms with Crippen molar-refractivity contribution in [1.29, 1.82) is 0 Å². The molecule has 6 nitrogen and oxygen atoms in total. The van der Waals surface area contributed by atoms with Gasteiger partial charge in [-0.15, -0.1) is 22.0 Å². The van der Waals surface area contributed by atoms with Crippen LogP contribution < -0.4 is 10.5 Å². The molecule has 0 amide bonds. The van der Waals surface area contributed by atoms with E-state index in [0.717, 1.165) is 16.3 Å². The normalized spacial score (nSPS) is 11.5. The Balaban J connectivity index is 1.88. The van der Waals surface area contributed by atoms with Gasteiger partial charge in [-0.3, -0.25) is 4.72 Å². The van der Waals surface area contributed by atoms with Crippen LogP contribution in [0.2, 0.25) is 0 Å². The maximum Gasteiger partial charge on any atom is 0.235 e. The SMILES string of the molecule is CCc1nnc(NS(=O)(=O)CCSc2ccccc2N)s1. The van der Waals surface area contributed by atoms with Crippen molar-refractivity contribution >= 4 is 43.9 Å². The zero-order valence-corrected chi connectivity index (χ0v) is 13.9. The van der Waals surface area contributed by atoms with Gasteiger partial charge in [0.2, 0.25) is 15.2 Å². The van der Waals surface area contributed by atoms with Gasteiger partial charge in [-0.2, -0.15) is 0 Å². The fraction of sp³-hybridized carbons (Fsp3) is 0.333. The summed E-state index contributed by atoms with van der Waals surface area (Å²) in [5.41, 5.74) is 6.47. The van der Waals surface area contributed by atoms with Gasteiger partial charge >= 0.3 is 0 Å². The van der Waals surface area contributed by atoms with Crippen LogP contribution in [-0.4, -0.2) is 30.1 Å². The second-order valence-corrected chi connectivity index (χ2v) is 8.20. The molecular weight excluding hydrogens is 328 g/mol. The van der Waals surface area contributed by atoms with Gasteiger partial charge in [0.25, 0.3) is 0 Å². The Bertz CT molecular complexity index is 700. The molecule has 21 heavy (non-hydrogen) atoms. The summed E-state index contributed by atoms with van der Waals surface area (Å²) >= 11 is 2.67. The molecule has 0 aliphatic rings. The molecule has 2 aromatic rings. The van der Waals surface area contributed by atoms with Gasteiger partial charge in [-0.25, -0.2) is 8.42 Å². The Kier molecular flexibility index (Phi) is 5.43. The largest absolute Gasteiger partial charge is 0.398 e. The lowest BCUT2D eigenvalue weighted by molar-refractivity contribution is 0.602. The van der Waals surface area contributed by atoms with Gasteiger partial charge in [0.15, 0.2) is 0 Å². The molecule has 0 radical (unpaired) electrons. The first-order chi connectivity index (χ1) is 10.00. The highest BCUT2D eigenvalue weighted by Crippen LogP contribution is 2.24. The first-order valence-corrected chi connectivity index (χ1v) is 9.76. The molecule has 1 aromatic heterocycles. The van der Waals surface area contributed by atoms with E-state index in [1.165, 1.54) is 23.1 Å². The summed E-state index contributed by atoms with van der Waals surface area (Å²) in [6.07, 6.45) is 0.739. The topological polar surface area (TPSA) is 98.0 Å². The fourth-order valence-electron chi connectivity index (χ4n) is 1.50. The molecule has 0 aliphatic heterocycles. The van der Waals surface area contributed by atoms with E-state index in [1.54, 1.807) is 6.07 Å². The third-order valence-corrected chi connectivity index (χ3v) is 6.25. The summed E-state index contributed by atoms with van der Waals surface area (Å²) in [4.78, 5) is 0.886. The highest BCUT2D eigenvalue weighted by Gasteiger charge is 2.14. The molecular formula is C12H16N4O2S3. The van der Waals surface area contributed by atoms with Crippen molar-refractivity contribution in [2.24, 2.45) is 0 Å². The summed E-state index contributed by atoms with van der Waals surface area (Å²) in [7, 11) is -3.42. The number of rotatable bonds is 7. The average molecular weight is 344 g/mol. The molecule has 9 heteroatoms. The number of nitrogens with one attached hydrogen (secondary N) is 1. The zero-order valence-electron chi connectivity index (χ0n) is 11.4. The molecule has 0 unspecified atom stereocenters. The lowest BCUT2D eigenvalue weighted by atomic mass is 10.3. The van der Waals surface area contributed by atoms with Crippen molar-refractivity contribution in [2.75, 3.05) is 22.0 Å². The van der Waals surface area contributed by atoms with Crippen molar-refractivity contribution in [3.05, 3.63) is 29.3 Å². The van der Waals surface area contributed by atoms with E-state index in [2.05, 4.69) is 14.9 Å². The average Bonchev–Trinajstić information content (AvgIpc) is 2.87. The lowest BCUT2D eigenvalue weighted by Crippen LogP contribution is -2.18. The second kappa shape index (κ2) is 7.10. The fourth-order valence-corrected chi connectivity index (χ4v) is 4.82. The molecule has 0 aliphatic carbocycles. The molecule has 3 N–H and O–H groups in total. The summed E-state index contributed by atoms with van der Waals surface area (Å²) in [6, 6.07) is 7.39. The van der Waals surface area contributed by atoms with Gasteiger partial charge in [0, 0.05) is 16.3 Å². The second-order valence-electron chi connectivity index (χ2n) is 4.16. The standard InChI is InChI=1S/C12H16N4O2S3/c1-2-11-14-15-12(20-11)16-21(17,18)8-7-19-10-6-4-3-5-9(10)13/h3-6H,2,7-8,13H2,1H3,(H,15,16). The van der Waals surface area contributed by atoms with Crippen LogP contribution >= 0.6 is 23.1 Å². The molecule has 0 spiro atoms. The number of nitrogen functional groups attached to an aromatic ring is 1. The van der Waals surface area contributed by atoms with Gasteiger partial charge in [-0.05, 0) is 18.6 Å². The molecule has 0 saturated heterocycles. The van der Waals surface area contributed by atoms with Gasteiger partial charge in [0.05, 0.1) is 5.75 Å². The molecule has 0 fully saturated rings. The smallest absolute Gasteiger partial charge is 0.235 e. The molecule has 0 bridgehead atoms. The number of anilines is 2. The van der Waals surface area contributed by atoms with E-state index in [-0.39, 0.29) is 5.75 Å². The highest BCUT2D eigenvalue weighted by atomic mass is 32.2. The Hall–Kier alpha value is -1.32. The predicted octanol–water partition coefficient (Wildman–Crippen LogP) is 2.22. The molecule has 2 rings (SSSR count). The molecule has 1 heterocycles. The van der Waals surface area contributed by atoms with Crippen LogP contribution in [0.1, 0.15) is 11.9 Å². The zero-order chi connectivity index (χ0) is 15.3. The summed E-state index contributed by atoms with van der Waals surface area (Å²) < 4.78 is 26.4. The van der Waals surface area contributed by atoms with E-state index < -0.39 is 10.0 Å². The van der Waals surface area contributed by atoms with Crippen LogP contribution in [0.3, 0.4) is 0 Å². The Morgan fingerprint density at radius 3 is 2.76 bits per heavy atom. The number of hydrogen-bond donors (Lipinski definition) is 2. The minimum Gasteiger partial charge on any atom is -0.398 e. The quantitative estimate of drug-likeness (QED) is 0.590. The van der Waals surface area contributed by atoms with E-state index in [1.807, 2.05) is 25.1 Å². The van der Waals surface area contributed by atoms with E-state index in [4.69, 9.17) is 5.73 Å². The molecule has 1 aromatic carbocycles. The summed E-state index contributed by atoms with van der Waals surface area (Å²) in [5, 5.41) is 8.80. The highest BCUT2D eigenvalue weighted by molar-refractivity contribution is 8.01. The van der Waals surface area contributed by atoms with Gasteiger partial charge in [0.1, 0.15) is 5.01 Å². The number of hydrogen-bond acceptors (Lipinski definition) is 7. The number of sulfonamides is 1. The number of aromatic nitrogens is 2. The van der Waals surface area contributed by atoms with Crippen LogP contribution in [0.4, 0.5) is 10.8 Å². The first-order valence-electron chi connectivity index (χ1n) is 6.30. The Morgan fingerprint density at radius 1 is 1.33 bits per heavy atom. The van der Waals surface area contributed by atoms with E-state index >= 15 is 0 Å². The number of benzene rings is 1. The number of aryl methyl sites for hydroxylation is 1. The van der Waals surface area contributed by atoms with Crippen molar-refractivity contribution < 1.29 is 8.42 Å². The molecule has 0 atom stereocenters. The van der Waals surface area contributed by atoms with Crippen LogP contribution in [0.15, 0.2) is 29.2 Å². The van der Waals surface area contributed by atoms with Crippen LogP contribution in [-0.2, 0) is 16.4 Å². The third kappa shape index (κ3) is 4.87.